The number of hydrogen-bond donors (Lipinski definition) is 0. The van der Waals surface area contributed by atoms with Crippen LogP contribution in [0.25, 0.3) is 60.2 Å². The minimum absolute atomic E-state index is 0.103. The molecule has 11 rings (SSSR count). The van der Waals surface area contributed by atoms with Crippen LogP contribution in [-0.4, -0.2) is 4.57 Å². The van der Waals surface area contributed by atoms with Crippen molar-refractivity contribution in [2.75, 3.05) is 4.90 Å². The highest BCUT2D eigenvalue weighted by Gasteiger charge is 2.43. The summed E-state index contributed by atoms with van der Waals surface area (Å²) < 4.78 is 2.61. The summed E-state index contributed by atoms with van der Waals surface area (Å²) in [5.74, 6) is 0. The van der Waals surface area contributed by atoms with Gasteiger partial charge in [-0.15, -0.1) is 0 Å². The molecular weight excluding hydrogens is 629 g/mol. The molecule has 0 atom stereocenters. The number of rotatable bonds is 4. The van der Waals surface area contributed by atoms with Crippen molar-refractivity contribution in [2.24, 2.45) is 0 Å². The van der Waals surface area contributed by atoms with Crippen LogP contribution in [-0.2, 0) is 10.8 Å². The molecule has 0 amide bonds. The summed E-state index contributed by atoms with van der Waals surface area (Å²) in [4.78, 5) is 2.47. The Labute approximate surface area is 304 Å². The van der Waals surface area contributed by atoms with Crippen LogP contribution in [0.4, 0.5) is 17.1 Å². The summed E-state index contributed by atoms with van der Waals surface area (Å²) in [7, 11) is 0. The van der Waals surface area contributed by atoms with Crippen molar-refractivity contribution in [1.29, 1.82) is 0 Å². The molecule has 2 heteroatoms. The minimum Gasteiger partial charge on any atom is -0.310 e. The van der Waals surface area contributed by atoms with Crippen molar-refractivity contribution in [3.8, 4) is 16.8 Å². The molecule has 8 aromatic carbocycles. The zero-order valence-electron chi connectivity index (χ0n) is 29.9. The second-order valence-electron chi connectivity index (χ2n) is 15.8. The quantitative estimate of drug-likeness (QED) is 0.181. The first-order valence-electron chi connectivity index (χ1n) is 18.4. The molecule has 2 nitrogen and oxygen atoms in total. The van der Waals surface area contributed by atoms with E-state index >= 15 is 0 Å². The van der Waals surface area contributed by atoms with Gasteiger partial charge in [0, 0.05) is 38.7 Å². The second-order valence-corrected chi connectivity index (χ2v) is 15.8. The van der Waals surface area contributed by atoms with Gasteiger partial charge in [-0.1, -0.05) is 149 Å². The Morgan fingerprint density at radius 3 is 1.81 bits per heavy atom. The van der Waals surface area contributed by atoms with E-state index < -0.39 is 0 Å². The van der Waals surface area contributed by atoms with Crippen LogP contribution in [0.5, 0.6) is 0 Å². The fraction of sp³-hybridized carbons (Fsp3) is 0.120. The zero-order valence-corrected chi connectivity index (χ0v) is 29.9. The fourth-order valence-corrected chi connectivity index (χ4v) is 9.63. The first kappa shape index (κ1) is 29.6. The van der Waals surface area contributed by atoms with Crippen LogP contribution in [0.15, 0.2) is 158 Å². The Morgan fingerprint density at radius 1 is 0.404 bits per heavy atom. The molecule has 0 spiro atoms. The molecule has 0 fully saturated rings. The molecule has 52 heavy (non-hydrogen) atoms. The van der Waals surface area contributed by atoms with E-state index in [1.807, 2.05) is 0 Å². The molecule has 1 aromatic heterocycles. The van der Waals surface area contributed by atoms with Gasteiger partial charge in [0.25, 0.3) is 0 Å². The van der Waals surface area contributed by atoms with E-state index in [9.17, 15) is 0 Å². The Morgan fingerprint density at radius 2 is 1.00 bits per heavy atom. The van der Waals surface area contributed by atoms with Crippen molar-refractivity contribution >= 4 is 60.4 Å². The summed E-state index contributed by atoms with van der Waals surface area (Å²) >= 11 is 0. The number of aromatic nitrogens is 1. The predicted molar refractivity (Wildman–Crippen MR) is 220 cm³/mol. The molecule has 248 valence electrons. The van der Waals surface area contributed by atoms with Crippen molar-refractivity contribution in [2.45, 2.75) is 38.5 Å². The maximum Gasteiger partial charge on any atom is 0.0583 e. The van der Waals surface area contributed by atoms with Gasteiger partial charge < -0.3 is 9.47 Å². The molecule has 0 unspecified atom stereocenters. The largest absolute Gasteiger partial charge is 0.310 e. The summed E-state index contributed by atoms with van der Waals surface area (Å²) in [6, 6.07) is 58.9. The van der Waals surface area contributed by atoms with Crippen LogP contribution in [0.1, 0.15) is 49.9 Å². The van der Waals surface area contributed by atoms with Gasteiger partial charge in [-0.05, 0) is 91.3 Å². The summed E-state index contributed by atoms with van der Waals surface area (Å²) in [5.41, 5.74) is 15.3. The number of anilines is 3. The highest BCUT2D eigenvalue weighted by Crippen LogP contribution is 2.56. The summed E-state index contributed by atoms with van der Waals surface area (Å²) in [5, 5.41) is 7.65. The lowest BCUT2D eigenvalue weighted by atomic mass is 9.68. The van der Waals surface area contributed by atoms with Crippen LogP contribution < -0.4 is 4.90 Å². The predicted octanol–water partition coefficient (Wildman–Crippen LogP) is 13.5. The van der Waals surface area contributed by atoms with Gasteiger partial charge in [-0.25, -0.2) is 0 Å². The van der Waals surface area contributed by atoms with E-state index in [0.29, 0.717) is 0 Å². The van der Waals surface area contributed by atoms with Gasteiger partial charge in [0.2, 0.25) is 0 Å². The second kappa shape index (κ2) is 10.2. The van der Waals surface area contributed by atoms with Crippen molar-refractivity contribution in [3.63, 3.8) is 0 Å². The van der Waals surface area contributed by atoms with Gasteiger partial charge in [0.15, 0.2) is 0 Å². The third-order valence-corrected chi connectivity index (χ3v) is 12.3. The summed E-state index contributed by atoms with van der Waals surface area (Å²) in [6.45, 7) is 9.64. The average molecular weight is 667 g/mol. The van der Waals surface area contributed by atoms with Gasteiger partial charge in [-0.3, -0.25) is 0 Å². The van der Waals surface area contributed by atoms with E-state index in [1.54, 1.807) is 0 Å². The van der Waals surface area contributed by atoms with E-state index in [2.05, 4.69) is 195 Å². The summed E-state index contributed by atoms with van der Waals surface area (Å²) in [6.07, 6.45) is 0. The molecule has 0 radical (unpaired) electrons. The first-order valence-corrected chi connectivity index (χ1v) is 18.4. The first-order chi connectivity index (χ1) is 25.3. The smallest absolute Gasteiger partial charge is 0.0583 e. The van der Waals surface area contributed by atoms with Crippen LogP contribution in [0.2, 0.25) is 0 Å². The molecule has 0 bridgehead atoms. The van der Waals surface area contributed by atoms with Crippen molar-refractivity contribution in [3.05, 3.63) is 180 Å². The standard InChI is InChI=1S/C50H38N2/c1-49(2)42-19-10-18-40-41-29-37(30-45-47(41)52(46(40)42)48-43(49)20-11-21-44(48)50(45,3)4)51(36-27-22-31-12-5-6-14-34(31)28-36)35-25-23-33(24-26-35)39-17-9-15-32-13-7-8-16-38(32)39/h5-30H,1-4H3. The van der Waals surface area contributed by atoms with Crippen LogP contribution in [0.3, 0.4) is 0 Å². The third kappa shape index (κ3) is 3.84. The van der Waals surface area contributed by atoms with Crippen LogP contribution in [0, 0.1) is 0 Å². The lowest BCUT2D eigenvalue weighted by molar-refractivity contribution is 0.593. The highest BCUT2D eigenvalue weighted by atomic mass is 15.1. The van der Waals surface area contributed by atoms with Crippen molar-refractivity contribution in [1.82, 2.24) is 4.57 Å². The molecule has 0 saturated heterocycles. The topological polar surface area (TPSA) is 8.17 Å². The van der Waals surface area contributed by atoms with E-state index in [-0.39, 0.29) is 10.8 Å². The van der Waals surface area contributed by atoms with Crippen molar-refractivity contribution < 1.29 is 0 Å². The molecular formula is C50H38N2. The minimum atomic E-state index is -0.204. The van der Waals surface area contributed by atoms with Gasteiger partial charge in [-0.2, -0.15) is 0 Å². The SMILES string of the molecule is CC1(C)c2cccc3c2-n2c4c1cccc4c1cc(N(c4ccc(-c5cccc6ccccc56)cc4)c4ccc5ccccc5c4)cc(c12)C3(C)C. The molecule has 0 aliphatic carbocycles. The average Bonchev–Trinajstić information content (AvgIpc) is 3.51. The molecule has 9 aromatic rings. The Hall–Kier alpha value is -6.12. The van der Waals surface area contributed by atoms with Crippen LogP contribution >= 0.6 is 0 Å². The lowest BCUT2D eigenvalue weighted by Crippen LogP contribution is -2.33. The number of fused-ring (bicyclic) bond motifs is 3. The number of hydrogen-bond acceptors (Lipinski definition) is 1. The van der Waals surface area contributed by atoms with Gasteiger partial charge in [0.05, 0.1) is 16.7 Å². The monoisotopic (exact) mass is 666 g/mol. The maximum absolute atomic E-state index is 2.61. The highest BCUT2D eigenvalue weighted by molar-refractivity contribution is 6.15. The number of benzene rings is 8. The molecule has 2 aliphatic rings. The lowest BCUT2D eigenvalue weighted by Gasteiger charge is -2.42. The molecule has 2 aliphatic heterocycles. The van der Waals surface area contributed by atoms with E-state index in [0.717, 1.165) is 11.4 Å². The molecule has 0 saturated carbocycles. The normalized spacial score (nSPS) is 14.8. The zero-order chi connectivity index (χ0) is 34.9. The van der Waals surface area contributed by atoms with E-state index in [4.69, 9.17) is 0 Å². The van der Waals surface area contributed by atoms with Gasteiger partial charge in [0.1, 0.15) is 0 Å². The Bertz CT molecular complexity index is 2950. The number of para-hydroxylation sites is 2. The molecule has 3 heterocycles. The van der Waals surface area contributed by atoms with E-state index in [1.165, 1.54) is 88.1 Å². The Kier molecular flexibility index (Phi) is 5.83. The maximum atomic E-state index is 2.61. The number of nitrogens with zero attached hydrogens (tertiary/aromatic N) is 2. The third-order valence-electron chi connectivity index (χ3n) is 12.3. The fourth-order valence-electron chi connectivity index (χ4n) is 9.63. The van der Waals surface area contributed by atoms with Gasteiger partial charge >= 0.3 is 0 Å². The Balaban J connectivity index is 1.19. The molecule has 0 N–H and O–H groups in total.